The molecule has 3 amide bonds. The van der Waals surface area contributed by atoms with Gasteiger partial charge in [-0.1, -0.05) is 12.1 Å². The first-order chi connectivity index (χ1) is 24.3. The number of fused-ring (bicyclic) bond motifs is 2. The number of imidazole rings is 1. The minimum Gasteiger partial charge on any atom is -0.493 e. The fraction of sp³-hybridized carbons (Fsp3) is 0.368. The summed E-state index contributed by atoms with van der Waals surface area (Å²) in [6, 6.07) is 12.7. The van der Waals surface area contributed by atoms with Gasteiger partial charge < -0.3 is 34.1 Å². The lowest BCUT2D eigenvalue weighted by molar-refractivity contribution is -0.116. The maximum Gasteiger partial charge on any atom is 0.355 e. The SMILES string of the molecule is Cc1cc2c(cc1OCCCC(=O)Nc1cn(C)c(C(=O)Nc3ccc(-c4cc(C(=O)OC(C)(C)C)n(C)c4)cc3)n1)N=C[C@@H]1CCCN1C2=O. The van der Waals surface area contributed by atoms with Crippen LogP contribution in [0.2, 0.25) is 0 Å². The van der Waals surface area contributed by atoms with Crippen molar-refractivity contribution in [3.8, 4) is 16.9 Å². The highest BCUT2D eigenvalue weighted by Gasteiger charge is 2.32. The topological polar surface area (TPSA) is 149 Å². The van der Waals surface area contributed by atoms with E-state index in [2.05, 4.69) is 20.6 Å². The number of carbonyl (C=O) groups is 4. The summed E-state index contributed by atoms with van der Waals surface area (Å²) < 4.78 is 14.8. The summed E-state index contributed by atoms with van der Waals surface area (Å²) in [5.74, 6) is -0.0768. The molecule has 0 radical (unpaired) electrons. The molecule has 0 unspecified atom stereocenters. The van der Waals surface area contributed by atoms with Gasteiger partial charge in [-0.3, -0.25) is 19.4 Å². The first-order valence-electron chi connectivity index (χ1n) is 17.0. The Morgan fingerprint density at radius 1 is 0.980 bits per heavy atom. The van der Waals surface area contributed by atoms with Crippen molar-refractivity contribution in [2.24, 2.45) is 19.1 Å². The standard InChI is InChI=1S/C38H43N7O6/c1-23-17-28-29(39-20-27-9-7-15-45(27)36(28)48)19-31(23)50-16-8-10-33(46)41-32-22-44(6)34(42-32)35(47)40-26-13-11-24(12-14-26)25-18-30(43(5)21-25)37(49)51-38(2,3)4/h11-14,17-22,27H,7-10,15-16H2,1-6H3,(H,40,47)(H,41,46)/t27-/m0/s1. The molecule has 4 heterocycles. The summed E-state index contributed by atoms with van der Waals surface area (Å²) in [5, 5.41) is 5.60. The lowest BCUT2D eigenvalue weighted by atomic mass is 10.1. The summed E-state index contributed by atoms with van der Waals surface area (Å²) >= 11 is 0. The summed E-state index contributed by atoms with van der Waals surface area (Å²) in [5.41, 5.74) is 4.12. The zero-order valence-electron chi connectivity index (χ0n) is 29.8. The number of anilines is 2. The van der Waals surface area contributed by atoms with Gasteiger partial charge >= 0.3 is 5.97 Å². The number of esters is 1. The number of ether oxygens (including phenoxy) is 2. The molecule has 0 aliphatic carbocycles. The van der Waals surface area contributed by atoms with Crippen LogP contribution in [0.3, 0.4) is 0 Å². The number of benzene rings is 2. The number of hydrogen-bond acceptors (Lipinski definition) is 8. The first kappa shape index (κ1) is 35.1. The molecule has 1 saturated heterocycles. The highest BCUT2D eigenvalue weighted by molar-refractivity contribution is 6.04. The molecule has 2 N–H and O–H groups in total. The summed E-state index contributed by atoms with van der Waals surface area (Å²) in [6.07, 6.45) is 7.81. The molecular weight excluding hydrogens is 650 g/mol. The highest BCUT2D eigenvalue weighted by atomic mass is 16.6. The van der Waals surface area contributed by atoms with E-state index in [0.717, 1.165) is 36.1 Å². The molecule has 51 heavy (non-hydrogen) atoms. The number of aromatic nitrogens is 3. The Hall–Kier alpha value is -5.72. The van der Waals surface area contributed by atoms with Gasteiger partial charge in [0, 0.05) is 63.0 Å². The molecule has 13 heteroatoms. The predicted octanol–water partition coefficient (Wildman–Crippen LogP) is 6.06. The van der Waals surface area contributed by atoms with Gasteiger partial charge in [0.15, 0.2) is 5.82 Å². The summed E-state index contributed by atoms with van der Waals surface area (Å²) in [7, 11) is 3.47. The monoisotopic (exact) mass is 693 g/mol. The lowest BCUT2D eigenvalue weighted by Gasteiger charge is -2.20. The third-order valence-electron chi connectivity index (χ3n) is 8.71. The van der Waals surface area contributed by atoms with Crippen molar-refractivity contribution in [1.29, 1.82) is 0 Å². The average molecular weight is 694 g/mol. The molecule has 0 saturated carbocycles. The van der Waals surface area contributed by atoms with Crippen LogP contribution < -0.4 is 15.4 Å². The van der Waals surface area contributed by atoms with Gasteiger partial charge in [0.05, 0.1) is 23.9 Å². The van der Waals surface area contributed by atoms with Crippen LogP contribution in [0, 0.1) is 6.92 Å². The number of hydrogen-bond donors (Lipinski definition) is 2. The van der Waals surface area contributed by atoms with Crippen LogP contribution in [-0.2, 0) is 23.6 Å². The molecule has 266 valence electrons. The Balaban J connectivity index is 0.989. The molecule has 4 aromatic rings. The van der Waals surface area contributed by atoms with Crippen molar-refractivity contribution in [3.63, 3.8) is 0 Å². The Labute approximate surface area is 296 Å². The van der Waals surface area contributed by atoms with Crippen molar-refractivity contribution in [3.05, 3.63) is 77.5 Å². The largest absolute Gasteiger partial charge is 0.493 e. The molecule has 0 spiro atoms. The Morgan fingerprint density at radius 3 is 2.49 bits per heavy atom. The third-order valence-corrected chi connectivity index (χ3v) is 8.71. The molecule has 13 nitrogen and oxygen atoms in total. The molecule has 2 aromatic carbocycles. The smallest absolute Gasteiger partial charge is 0.355 e. The second kappa shape index (κ2) is 14.3. The van der Waals surface area contributed by atoms with E-state index in [1.54, 1.807) is 53.7 Å². The molecule has 0 bridgehead atoms. The molecule has 2 aliphatic heterocycles. The van der Waals surface area contributed by atoms with E-state index in [1.165, 1.54) is 0 Å². The van der Waals surface area contributed by atoms with Gasteiger partial charge in [-0.05, 0) is 82.3 Å². The van der Waals surface area contributed by atoms with E-state index in [1.807, 2.05) is 63.2 Å². The number of rotatable bonds is 10. The third kappa shape index (κ3) is 8.03. The predicted molar refractivity (Wildman–Crippen MR) is 194 cm³/mol. The maximum atomic E-state index is 13.1. The van der Waals surface area contributed by atoms with Gasteiger partial charge in [0.25, 0.3) is 11.8 Å². The lowest BCUT2D eigenvalue weighted by Crippen LogP contribution is -2.35. The van der Waals surface area contributed by atoms with Crippen LogP contribution in [0.5, 0.6) is 5.75 Å². The number of nitrogens with one attached hydrogen (secondary N) is 2. The summed E-state index contributed by atoms with van der Waals surface area (Å²) in [4.78, 5) is 62.2. The fourth-order valence-electron chi connectivity index (χ4n) is 6.18. The normalized spacial score (nSPS) is 15.2. The van der Waals surface area contributed by atoms with Crippen LogP contribution in [0.1, 0.15) is 83.5 Å². The van der Waals surface area contributed by atoms with Crippen LogP contribution in [-0.4, -0.2) is 73.7 Å². The van der Waals surface area contributed by atoms with Crippen molar-refractivity contribution in [1.82, 2.24) is 19.0 Å². The van der Waals surface area contributed by atoms with Gasteiger partial charge in [-0.15, -0.1) is 0 Å². The zero-order valence-corrected chi connectivity index (χ0v) is 29.8. The van der Waals surface area contributed by atoms with E-state index in [9.17, 15) is 19.2 Å². The van der Waals surface area contributed by atoms with Crippen LogP contribution >= 0.6 is 0 Å². The van der Waals surface area contributed by atoms with Crippen LogP contribution in [0.4, 0.5) is 17.2 Å². The molecule has 1 atom stereocenters. The quantitative estimate of drug-likeness (QED) is 0.152. The van der Waals surface area contributed by atoms with Gasteiger partial charge in [-0.25, -0.2) is 9.78 Å². The Kier molecular flexibility index (Phi) is 9.82. The van der Waals surface area contributed by atoms with Crippen LogP contribution in [0.15, 0.2) is 59.9 Å². The number of nitrogens with zero attached hydrogens (tertiary/aromatic N) is 5. The zero-order chi connectivity index (χ0) is 36.4. The minimum absolute atomic E-state index is 0.00135. The molecule has 2 aromatic heterocycles. The van der Waals surface area contributed by atoms with Gasteiger partial charge in [0.1, 0.15) is 17.0 Å². The summed E-state index contributed by atoms with van der Waals surface area (Å²) in [6.45, 7) is 8.41. The van der Waals surface area contributed by atoms with E-state index in [-0.39, 0.29) is 35.9 Å². The minimum atomic E-state index is -0.598. The number of aryl methyl sites for hydroxylation is 3. The Bertz CT molecular complexity index is 2020. The number of amides is 3. The fourth-order valence-corrected chi connectivity index (χ4v) is 6.18. The van der Waals surface area contributed by atoms with Crippen molar-refractivity contribution < 1.29 is 28.7 Å². The number of aliphatic imine (C=N–C) groups is 1. The number of carbonyl (C=O) groups excluding carboxylic acids is 4. The highest BCUT2D eigenvalue weighted by Crippen LogP contribution is 2.34. The Morgan fingerprint density at radius 2 is 1.75 bits per heavy atom. The first-order valence-corrected chi connectivity index (χ1v) is 17.0. The molecule has 6 rings (SSSR count). The van der Waals surface area contributed by atoms with Gasteiger partial charge in [0.2, 0.25) is 11.7 Å². The van der Waals surface area contributed by atoms with Crippen molar-refractivity contribution >= 4 is 47.1 Å². The second-order valence-electron chi connectivity index (χ2n) is 13.9. The van der Waals surface area contributed by atoms with Crippen LogP contribution in [0.25, 0.3) is 11.1 Å². The van der Waals surface area contributed by atoms with E-state index >= 15 is 0 Å². The van der Waals surface area contributed by atoms with Crippen molar-refractivity contribution in [2.75, 3.05) is 23.8 Å². The molecule has 1 fully saturated rings. The van der Waals surface area contributed by atoms with Crippen molar-refractivity contribution in [2.45, 2.75) is 65.0 Å². The van der Waals surface area contributed by atoms with Gasteiger partial charge in [-0.2, -0.15) is 0 Å². The average Bonchev–Trinajstić information content (AvgIpc) is 3.78. The molecular formula is C38H43N7O6. The maximum absolute atomic E-state index is 13.1. The van der Waals surface area contributed by atoms with E-state index in [4.69, 9.17) is 9.47 Å². The molecule has 2 aliphatic rings. The van der Waals surface area contributed by atoms with E-state index < -0.39 is 17.5 Å². The second-order valence-corrected chi connectivity index (χ2v) is 13.9. The van der Waals surface area contributed by atoms with E-state index in [0.29, 0.717) is 41.4 Å².